The van der Waals surface area contributed by atoms with Gasteiger partial charge in [-0.25, -0.2) is 0 Å². The number of nitriles is 1. The molecule has 22 heavy (non-hydrogen) atoms. The van der Waals surface area contributed by atoms with E-state index in [2.05, 4.69) is 5.32 Å². The van der Waals surface area contributed by atoms with Gasteiger partial charge in [-0.3, -0.25) is 9.36 Å². The minimum absolute atomic E-state index is 0.154. The fraction of sp³-hybridized carbons (Fsp3) is 0.375. The minimum Gasteiger partial charge on any atom is -0.443 e. The summed E-state index contributed by atoms with van der Waals surface area (Å²) in [5, 5.41) is 21.7. The predicted octanol–water partition coefficient (Wildman–Crippen LogP) is 2.14. The molecule has 0 spiro atoms. The molecule has 2 heterocycles. The van der Waals surface area contributed by atoms with Gasteiger partial charge in [-0.1, -0.05) is 13.3 Å². The van der Waals surface area contributed by atoms with Crippen molar-refractivity contribution in [1.29, 1.82) is 5.26 Å². The lowest BCUT2D eigenvalue weighted by Crippen LogP contribution is -2.32. The Morgan fingerprint density at radius 2 is 2.18 bits per heavy atom. The third-order valence-electron chi connectivity index (χ3n) is 3.36. The van der Waals surface area contributed by atoms with E-state index in [9.17, 15) is 15.2 Å². The molecule has 1 unspecified atom stereocenters. The maximum Gasteiger partial charge on any atom is 0.256 e. The van der Waals surface area contributed by atoms with Crippen molar-refractivity contribution in [2.24, 2.45) is 0 Å². The third kappa shape index (κ3) is 3.21. The largest absolute Gasteiger partial charge is 0.443 e. The second-order valence-electron chi connectivity index (χ2n) is 5.07. The SMILES string of the molecule is CCCC(O)CNC(=O)c1c(C)oc(-n2cccc2)c1C#N. The quantitative estimate of drug-likeness (QED) is 0.855. The number of furan rings is 1. The van der Waals surface area contributed by atoms with Crippen molar-refractivity contribution in [1.82, 2.24) is 9.88 Å². The van der Waals surface area contributed by atoms with Crippen LogP contribution >= 0.6 is 0 Å². The predicted molar refractivity (Wildman–Crippen MR) is 80.7 cm³/mol. The maximum absolute atomic E-state index is 12.3. The van der Waals surface area contributed by atoms with Gasteiger partial charge in [0.2, 0.25) is 5.88 Å². The molecule has 6 heteroatoms. The molecule has 0 saturated carbocycles. The van der Waals surface area contributed by atoms with Gasteiger partial charge in [0.1, 0.15) is 23.0 Å². The van der Waals surface area contributed by atoms with E-state index in [1.807, 2.05) is 13.0 Å². The smallest absolute Gasteiger partial charge is 0.256 e. The first-order valence-electron chi connectivity index (χ1n) is 7.21. The molecule has 2 aromatic heterocycles. The van der Waals surface area contributed by atoms with Crippen LogP contribution in [0.5, 0.6) is 0 Å². The zero-order valence-electron chi connectivity index (χ0n) is 12.7. The van der Waals surface area contributed by atoms with Crippen LogP contribution in [-0.2, 0) is 0 Å². The Labute approximate surface area is 129 Å². The van der Waals surface area contributed by atoms with Crippen LogP contribution in [0.1, 0.15) is 41.4 Å². The lowest BCUT2D eigenvalue weighted by molar-refractivity contribution is 0.0908. The molecule has 1 atom stereocenters. The molecule has 0 bridgehead atoms. The number of carbonyl (C=O) groups is 1. The minimum atomic E-state index is -0.587. The molecular formula is C16H19N3O3. The number of carbonyl (C=O) groups excluding carboxylic acids is 1. The number of nitrogens with zero attached hydrogens (tertiary/aromatic N) is 2. The number of rotatable bonds is 6. The maximum atomic E-state index is 12.3. The second-order valence-corrected chi connectivity index (χ2v) is 5.07. The molecule has 1 amide bonds. The van der Waals surface area contributed by atoms with Crippen LogP contribution in [-0.4, -0.2) is 28.2 Å². The Balaban J connectivity index is 2.24. The van der Waals surface area contributed by atoms with Crippen molar-refractivity contribution in [2.45, 2.75) is 32.8 Å². The fourth-order valence-electron chi connectivity index (χ4n) is 2.29. The van der Waals surface area contributed by atoms with Crippen LogP contribution < -0.4 is 5.32 Å². The van der Waals surface area contributed by atoms with Crippen LogP contribution in [0.25, 0.3) is 5.88 Å². The Hall–Kier alpha value is -2.52. The molecule has 0 aliphatic rings. The van der Waals surface area contributed by atoms with Crippen LogP contribution in [0.4, 0.5) is 0 Å². The van der Waals surface area contributed by atoms with Crippen molar-refractivity contribution >= 4 is 5.91 Å². The molecule has 116 valence electrons. The first-order chi connectivity index (χ1) is 10.6. The molecule has 0 radical (unpaired) electrons. The lowest BCUT2D eigenvalue weighted by Gasteiger charge is -2.10. The fourth-order valence-corrected chi connectivity index (χ4v) is 2.29. The average molecular weight is 301 g/mol. The van der Waals surface area contributed by atoms with Crippen LogP contribution in [0.3, 0.4) is 0 Å². The van der Waals surface area contributed by atoms with E-state index in [-0.39, 0.29) is 17.7 Å². The van der Waals surface area contributed by atoms with E-state index in [4.69, 9.17) is 4.42 Å². The Morgan fingerprint density at radius 3 is 2.77 bits per heavy atom. The summed E-state index contributed by atoms with van der Waals surface area (Å²) in [6.07, 6.45) is 4.35. The van der Waals surface area contributed by atoms with Crippen molar-refractivity contribution in [3.63, 3.8) is 0 Å². The summed E-state index contributed by atoms with van der Waals surface area (Å²) < 4.78 is 7.22. The summed E-state index contributed by atoms with van der Waals surface area (Å²) in [6, 6.07) is 5.64. The van der Waals surface area contributed by atoms with Gasteiger partial charge in [-0.15, -0.1) is 0 Å². The number of hydrogen-bond donors (Lipinski definition) is 2. The number of nitrogens with one attached hydrogen (secondary N) is 1. The van der Waals surface area contributed by atoms with Gasteiger partial charge >= 0.3 is 0 Å². The summed E-state index contributed by atoms with van der Waals surface area (Å²) >= 11 is 0. The van der Waals surface area contributed by atoms with Crippen molar-refractivity contribution in [3.05, 3.63) is 41.4 Å². The number of hydrogen-bond acceptors (Lipinski definition) is 4. The highest BCUT2D eigenvalue weighted by Crippen LogP contribution is 2.25. The average Bonchev–Trinajstić information content (AvgIpc) is 3.12. The van der Waals surface area contributed by atoms with Gasteiger partial charge in [-0.2, -0.15) is 5.26 Å². The van der Waals surface area contributed by atoms with Crippen molar-refractivity contribution < 1.29 is 14.3 Å². The lowest BCUT2D eigenvalue weighted by atomic mass is 10.1. The molecule has 0 saturated heterocycles. The van der Waals surface area contributed by atoms with E-state index < -0.39 is 12.0 Å². The number of amides is 1. The molecule has 2 aromatic rings. The zero-order valence-corrected chi connectivity index (χ0v) is 12.7. The molecular weight excluding hydrogens is 282 g/mol. The van der Waals surface area contributed by atoms with Gasteiger partial charge in [0.25, 0.3) is 5.91 Å². The van der Waals surface area contributed by atoms with E-state index in [1.54, 1.807) is 36.0 Å². The topological polar surface area (TPSA) is 91.2 Å². The third-order valence-corrected chi connectivity index (χ3v) is 3.36. The number of aryl methyl sites for hydroxylation is 1. The standard InChI is InChI=1S/C16H19N3O3/c1-3-6-12(20)10-18-15(21)14-11(2)22-16(13(14)9-17)19-7-4-5-8-19/h4-5,7-8,12,20H,3,6,10H2,1-2H3,(H,18,21). The highest BCUT2D eigenvalue weighted by molar-refractivity contribution is 5.98. The van der Waals surface area contributed by atoms with Gasteiger partial charge in [0.15, 0.2) is 0 Å². The Morgan fingerprint density at radius 1 is 1.50 bits per heavy atom. The summed E-state index contributed by atoms with van der Waals surface area (Å²) in [5.74, 6) is 0.290. The highest BCUT2D eigenvalue weighted by atomic mass is 16.4. The number of aromatic nitrogens is 1. The molecule has 2 N–H and O–H groups in total. The van der Waals surface area contributed by atoms with Crippen LogP contribution in [0.15, 0.2) is 28.9 Å². The Kier molecular flexibility index (Phi) is 5.02. The molecule has 2 rings (SSSR count). The summed E-state index contributed by atoms with van der Waals surface area (Å²) in [5.41, 5.74) is 0.408. The summed E-state index contributed by atoms with van der Waals surface area (Å²) in [7, 11) is 0. The highest BCUT2D eigenvalue weighted by Gasteiger charge is 2.24. The first kappa shape index (κ1) is 15.9. The van der Waals surface area contributed by atoms with E-state index in [0.29, 0.717) is 18.1 Å². The monoisotopic (exact) mass is 301 g/mol. The summed E-state index contributed by atoms with van der Waals surface area (Å²) in [4.78, 5) is 12.3. The Bertz CT molecular complexity index is 680. The number of aliphatic hydroxyl groups is 1. The van der Waals surface area contributed by atoms with Gasteiger partial charge < -0.3 is 14.8 Å². The van der Waals surface area contributed by atoms with E-state index in [1.165, 1.54) is 0 Å². The molecule has 0 fully saturated rings. The first-order valence-corrected chi connectivity index (χ1v) is 7.21. The van der Waals surface area contributed by atoms with Gasteiger partial charge in [0.05, 0.1) is 6.10 Å². The van der Waals surface area contributed by atoms with Gasteiger partial charge in [0, 0.05) is 18.9 Å². The molecule has 0 aliphatic carbocycles. The normalized spacial score (nSPS) is 11.9. The second kappa shape index (κ2) is 6.96. The number of aliphatic hydroxyl groups excluding tert-OH is 1. The van der Waals surface area contributed by atoms with E-state index in [0.717, 1.165) is 6.42 Å². The zero-order chi connectivity index (χ0) is 16.1. The molecule has 0 aliphatic heterocycles. The molecule has 6 nitrogen and oxygen atoms in total. The van der Waals surface area contributed by atoms with Crippen LogP contribution in [0.2, 0.25) is 0 Å². The van der Waals surface area contributed by atoms with Crippen molar-refractivity contribution in [2.75, 3.05) is 6.54 Å². The molecule has 0 aromatic carbocycles. The van der Waals surface area contributed by atoms with E-state index >= 15 is 0 Å². The van der Waals surface area contributed by atoms with Crippen molar-refractivity contribution in [3.8, 4) is 12.0 Å². The van der Waals surface area contributed by atoms with Crippen LogP contribution in [0, 0.1) is 18.3 Å². The summed E-state index contributed by atoms with van der Waals surface area (Å²) in [6.45, 7) is 3.76. The van der Waals surface area contributed by atoms with Gasteiger partial charge in [-0.05, 0) is 25.5 Å².